The molecule has 0 bridgehead atoms. The Morgan fingerprint density at radius 1 is 1.15 bits per heavy atom. The molecule has 27 heavy (non-hydrogen) atoms. The molecule has 1 aliphatic rings. The summed E-state index contributed by atoms with van der Waals surface area (Å²) in [7, 11) is 0. The first kappa shape index (κ1) is 19.2. The number of nitrogens with zero attached hydrogens (tertiary/aromatic N) is 1. The minimum Gasteiger partial charge on any atom is -0.321 e. The van der Waals surface area contributed by atoms with Gasteiger partial charge in [0.05, 0.1) is 5.56 Å². The zero-order chi connectivity index (χ0) is 19.6. The van der Waals surface area contributed by atoms with E-state index in [4.69, 9.17) is 0 Å². The third kappa shape index (κ3) is 4.77. The number of benzene rings is 2. The van der Waals surface area contributed by atoms with E-state index in [-0.39, 0.29) is 23.6 Å². The molecule has 2 amide bonds. The predicted molar refractivity (Wildman–Crippen MR) is 93.8 cm³/mol. The summed E-state index contributed by atoms with van der Waals surface area (Å²) >= 11 is 0. The molecule has 1 unspecified atom stereocenters. The van der Waals surface area contributed by atoms with E-state index in [1.807, 2.05) is 6.92 Å². The van der Waals surface area contributed by atoms with Crippen LogP contribution in [0.2, 0.25) is 0 Å². The van der Waals surface area contributed by atoms with Crippen molar-refractivity contribution in [2.75, 3.05) is 18.4 Å². The highest BCUT2D eigenvalue weighted by atomic mass is 19.4. The molecular weight excluding hydrogens is 362 g/mol. The monoisotopic (exact) mass is 381 g/mol. The Morgan fingerprint density at radius 2 is 1.81 bits per heavy atom. The number of carbonyl (C=O) groups is 1. The molecule has 3 rings (SSSR count). The van der Waals surface area contributed by atoms with E-state index in [1.165, 1.54) is 29.2 Å². The van der Waals surface area contributed by atoms with E-state index in [1.54, 1.807) is 12.1 Å². The van der Waals surface area contributed by atoms with Gasteiger partial charge in [-0.25, -0.2) is 9.18 Å². The van der Waals surface area contributed by atoms with Gasteiger partial charge in [-0.2, -0.15) is 13.2 Å². The lowest BCUT2D eigenvalue weighted by molar-refractivity contribution is -0.137. The number of likely N-dealkylation sites (tertiary alicyclic amines) is 1. The zero-order valence-corrected chi connectivity index (χ0v) is 14.6. The van der Waals surface area contributed by atoms with Crippen LogP contribution >= 0.6 is 0 Å². The van der Waals surface area contributed by atoms with Crippen LogP contribution in [-0.2, 0) is 6.18 Å². The summed E-state index contributed by atoms with van der Waals surface area (Å²) in [6.07, 6.45) is -4.46. The largest absolute Gasteiger partial charge is 0.416 e. The third-order valence-corrected chi connectivity index (χ3v) is 4.47. The number of anilines is 1. The van der Waals surface area contributed by atoms with Crippen molar-refractivity contribution in [3.63, 3.8) is 0 Å². The molecule has 1 saturated heterocycles. The van der Waals surface area contributed by atoms with Crippen molar-refractivity contribution in [1.82, 2.24) is 10.2 Å². The predicted octanol–water partition coefficient (Wildman–Crippen LogP) is 4.41. The minimum absolute atomic E-state index is 0.00993. The molecule has 2 aromatic rings. The van der Waals surface area contributed by atoms with Gasteiger partial charge in [0.2, 0.25) is 0 Å². The number of nitrogens with one attached hydrogen (secondary N) is 2. The molecule has 1 heterocycles. The van der Waals surface area contributed by atoms with Gasteiger partial charge in [0.15, 0.2) is 0 Å². The van der Waals surface area contributed by atoms with Crippen molar-refractivity contribution in [2.45, 2.75) is 25.2 Å². The average Bonchev–Trinajstić information content (AvgIpc) is 2.57. The van der Waals surface area contributed by atoms with Gasteiger partial charge in [-0.1, -0.05) is 18.2 Å². The smallest absolute Gasteiger partial charge is 0.321 e. The summed E-state index contributed by atoms with van der Waals surface area (Å²) < 4.78 is 51.1. The molecule has 8 heteroatoms. The van der Waals surface area contributed by atoms with Crippen LogP contribution in [0, 0.1) is 5.82 Å². The Bertz CT molecular complexity index is 801. The zero-order valence-electron chi connectivity index (χ0n) is 14.6. The molecule has 0 saturated carbocycles. The van der Waals surface area contributed by atoms with E-state index < -0.39 is 17.8 Å². The fourth-order valence-electron chi connectivity index (χ4n) is 2.93. The Balaban J connectivity index is 1.49. The van der Waals surface area contributed by atoms with Crippen LogP contribution in [0.1, 0.15) is 24.1 Å². The molecule has 1 fully saturated rings. The molecule has 144 valence electrons. The normalized spacial score (nSPS) is 16.0. The number of alkyl halides is 3. The molecule has 0 aliphatic carbocycles. The van der Waals surface area contributed by atoms with Crippen LogP contribution < -0.4 is 10.6 Å². The SMILES string of the molecule is CC(NC1CN(C(=O)Nc2cccc(C(F)(F)F)c2)C1)c1ccc(F)cc1. The number of carbonyl (C=O) groups excluding carboxylic acids is 1. The Kier molecular flexibility index (Phi) is 5.36. The van der Waals surface area contributed by atoms with Crippen molar-refractivity contribution in [3.8, 4) is 0 Å². The molecule has 1 aliphatic heterocycles. The number of amides is 2. The Labute approximate surface area is 154 Å². The molecule has 2 N–H and O–H groups in total. The van der Waals surface area contributed by atoms with Crippen molar-refractivity contribution in [1.29, 1.82) is 0 Å². The van der Waals surface area contributed by atoms with Crippen LogP contribution in [-0.4, -0.2) is 30.1 Å². The van der Waals surface area contributed by atoms with E-state index in [9.17, 15) is 22.4 Å². The van der Waals surface area contributed by atoms with E-state index in [2.05, 4.69) is 10.6 Å². The second-order valence-electron chi connectivity index (χ2n) is 6.55. The lowest BCUT2D eigenvalue weighted by Crippen LogP contribution is -2.61. The molecule has 2 aromatic carbocycles. The summed E-state index contributed by atoms with van der Waals surface area (Å²) in [6.45, 7) is 2.82. The van der Waals surface area contributed by atoms with E-state index in [0.29, 0.717) is 13.1 Å². The van der Waals surface area contributed by atoms with Gasteiger partial charge in [-0.15, -0.1) is 0 Å². The first-order chi connectivity index (χ1) is 12.7. The number of rotatable bonds is 4. The second kappa shape index (κ2) is 7.56. The number of hydrogen-bond acceptors (Lipinski definition) is 2. The van der Waals surface area contributed by atoms with Gasteiger partial charge in [0.1, 0.15) is 5.82 Å². The maximum absolute atomic E-state index is 13.0. The lowest BCUT2D eigenvalue weighted by atomic mass is 10.0. The van der Waals surface area contributed by atoms with Crippen LogP contribution in [0.3, 0.4) is 0 Å². The first-order valence-corrected chi connectivity index (χ1v) is 8.47. The molecular formula is C19H19F4N3O. The summed E-state index contributed by atoms with van der Waals surface area (Å²) in [4.78, 5) is 13.7. The maximum atomic E-state index is 13.0. The topological polar surface area (TPSA) is 44.4 Å². The molecule has 0 spiro atoms. The molecule has 0 radical (unpaired) electrons. The first-order valence-electron chi connectivity index (χ1n) is 8.47. The van der Waals surface area contributed by atoms with Crippen LogP contribution in [0.4, 0.5) is 28.0 Å². The van der Waals surface area contributed by atoms with Gasteiger partial charge >= 0.3 is 12.2 Å². The van der Waals surface area contributed by atoms with Crippen molar-refractivity contribution in [3.05, 3.63) is 65.5 Å². The van der Waals surface area contributed by atoms with Crippen LogP contribution in [0.5, 0.6) is 0 Å². The Hall–Kier alpha value is -2.61. The van der Waals surface area contributed by atoms with Gasteiger partial charge in [0, 0.05) is 30.9 Å². The van der Waals surface area contributed by atoms with Gasteiger partial charge in [0.25, 0.3) is 0 Å². The van der Waals surface area contributed by atoms with Crippen LogP contribution in [0.15, 0.2) is 48.5 Å². The van der Waals surface area contributed by atoms with E-state index in [0.717, 1.165) is 17.7 Å². The van der Waals surface area contributed by atoms with Crippen LogP contribution in [0.25, 0.3) is 0 Å². The quantitative estimate of drug-likeness (QED) is 0.771. The lowest BCUT2D eigenvalue weighted by Gasteiger charge is -2.41. The number of halogens is 4. The standard InChI is InChI=1S/C19H19F4N3O/c1-12(13-5-7-15(20)8-6-13)24-17-10-26(11-17)18(27)25-16-4-2-3-14(9-16)19(21,22)23/h2-9,12,17,24H,10-11H2,1H3,(H,25,27). The fraction of sp³-hybridized carbons (Fsp3) is 0.316. The second-order valence-corrected chi connectivity index (χ2v) is 6.55. The van der Waals surface area contributed by atoms with Crippen molar-refractivity contribution < 1.29 is 22.4 Å². The highest BCUT2D eigenvalue weighted by Gasteiger charge is 2.33. The molecule has 4 nitrogen and oxygen atoms in total. The van der Waals surface area contributed by atoms with Gasteiger partial charge < -0.3 is 15.5 Å². The average molecular weight is 381 g/mol. The molecule has 0 aromatic heterocycles. The fourth-order valence-corrected chi connectivity index (χ4v) is 2.93. The highest BCUT2D eigenvalue weighted by molar-refractivity contribution is 5.90. The van der Waals surface area contributed by atoms with Crippen molar-refractivity contribution >= 4 is 11.7 Å². The van der Waals surface area contributed by atoms with Gasteiger partial charge in [-0.05, 0) is 42.8 Å². The Morgan fingerprint density at radius 3 is 2.44 bits per heavy atom. The highest BCUT2D eigenvalue weighted by Crippen LogP contribution is 2.30. The summed E-state index contributed by atoms with van der Waals surface area (Å²) in [6, 6.07) is 10.3. The summed E-state index contributed by atoms with van der Waals surface area (Å²) in [5.41, 5.74) is 0.228. The minimum atomic E-state index is -4.46. The number of hydrogen-bond donors (Lipinski definition) is 2. The summed E-state index contributed by atoms with van der Waals surface area (Å²) in [5.74, 6) is -0.299. The van der Waals surface area contributed by atoms with Crippen molar-refractivity contribution in [2.24, 2.45) is 0 Å². The molecule has 1 atom stereocenters. The third-order valence-electron chi connectivity index (χ3n) is 4.47. The van der Waals surface area contributed by atoms with E-state index >= 15 is 0 Å². The maximum Gasteiger partial charge on any atom is 0.416 e. The number of urea groups is 1. The summed E-state index contributed by atoms with van der Waals surface area (Å²) in [5, 5.41) is 5.82. The van der Waals surface area contributed by atoms with Gasteiger partial charge in [-0.3, -0.25) is 0 Å².